The average Bonchev–Trinajstić information content (AvgIpc) is 2.86. The Kier molecular flexibility index (Phi) is 4.32. The van der Waals surface area contributed by atoms with E-state index in [0.29, 0.717) is 0 Å². The molecule has 3 aromatic carbocycles. The van der Waals surface area contributed by atoms with Crippen LogP contribution >= 0.6 is 23.5 Å². The third kappa shape index (κ3) is 2.86. The molecule has 0 fully saturated rings. The maximum Gasteiger partial charge on any atom is 0.258 e. The van der Waals surface area contributed by atoms with Gasteiger partial charge in [-0.05, 0) is 30.3 Å². The van der Waals surface area contributed by atoms with E-state index in [-0.39, 0.29) is 5.91 Å². The van der Waals surface area contributed by atoms with Gasteiger partial charge in [0.2, 0.25) is 0 Å². The van der Waals surface area contributed by atoms with Crippen LogP contribution in [0.4, 0.5) is 5.69 Å². The van der Waals surface area contributed by atoms with Gasteiger partial charge in [0.25, 0.3) is 5.91 Å². The highest BCUT2D eigenvalue weighted by atomic mass is 32.2. The first kappa shape index (κ1) is 16.3. The highest BCUT2D eigenvalue weighted by molar-refractivity contribution is 8.18. The molecule has 0 saturated heterocycles. The van der Waals surface area contributed by atoms with E-state index < -0.39 is 4.08 Å². The first-order chi connectivity index (χ1) is 12.2. The van der Waals surface area contributed by atoms with Crippen molar-refractivity contribution in [2.45, 2.75) is 13.9 Å². The molecule has 1 aliphatic heterocycles. The molecule has 0 aromatic heterocycles. The Morgan fingerprint density at radius 2 is 1.20 bits per heavy atom. The lowest BCUT2D eigenvalue weighted by Gasteiger charge is -2.27. The summed E-state index contributed by atoms with van der Waals surface area (Å²) in [5, 5.41) is 0. The van der Waals surface area contributed by atoms with Gasteiger partial charge in [0, 0.05) is 28.1 Å². The smallest absolute Gasteiger partial charge is 0.258 e. The van der Waals surface area contributed by atoms with Crippen molar-refractivity contribution < 1.29 is 4.79 Å². The zero-order valence-electron chi connectivity index (χ0n) is 13.8. The lowest BCUT2D eigenvalue weighted by atomic mass is 10.1. The van der Waals surface area contributed by atoms with Crippen molar-refractivity contribution in [2.24, 2.45) is 0 Å². The van der Waals surface area contributed by atoms with Gasteiger partial charge in [-0.15, -0.1) is 0 Å². The maximum atomic E-state index is 13.4. The number of amides is 1. The predicted molar refractivity (Wildman–Crippen MR) is 106 cm³/mol. The third-order valence-electron chi connectivity index (χ3n) is 4.22. The summed E-state index contributed by atoms with van der Waals surface area (Å²) in [6.45, 7) is 0. The topological polar surface area (TPSA) is 20.3 Å². The largest absolute Gasteiger partial charge is 0.313 e. The van der Waals surface area contributed by atoms with Gasteiger partial charge in [-0.1, -0.05) is 78.1 Å². The molecule has 0 spiro atoms. The number of hydrogen-bond donors (Lipinski definition) is 0. The van der Waals surface area contributed by atoms with Crippen LogP contribution in [-0.4, -0.2) is 13.0 Å². The molecule has 1 heterocycles. The van der Waals surface area contributed by atoms with E-state index >= 15 is 0 Å². The fraction of sp³-hybridized carbons (Fsp3) is 0.0952. The number of anilines is 1. The van der Waals surface area contributed by atoms with Gasteiger partial charge in [0.1, 0.15) is 0 Å². The molecule has 3 aromatic rings. The summed E-state index contributed by atoms with van der Waals surface area (Å²) in [6, 6.07) is 28.4. The summed E-state index contributed by atoms with van der Waals surface area (Å²) in [7, 11) is 1.86. The molecular formula is C21H17NOS2. The van der Waals surface area contributed by atoms with Crippen LogP contribution in [0.1, 0.15) is 5.56 Å². The fourth-order valence-corrected chi connectivity index (χ4v) is 6.02. The molecule has 0 aliphatic carbocycles. The fourth-order valence-electron chi connectivity index (χ4n) is 3.02. The van der Waals surface area contributed by atoms with E-state index in [4.69, 9.17) is 0 Å². The molecule has 1 amide bonds. The Bertz CT molecular complexity index is 855. The zero-order valence-corrected chi connectivity index (χ0v) is 15.4. The molecule has 1 aliphatic rings. The van der Waals surface area contributed by atoms with Gasteiger partial charge in [0.05, 0.1) is 0 Å². The normalized spacial score (nSPS) is 15.2. The van der Waals surface area contributed by atoms with Gasteiger partial charge < -0.3 is 4.90 Å². The highest BCUT2D eigenvalue weighted by Crippen LogP contribution is 2.59. The van der Waals surface area contributed by atoms with Crippen molar-refractivity contribution >= 4 is 35.1 Å². The summed E-state index contributed by atoms with van der Waals surface area (Å²) in [4.78, 5) is 17.3. The number of nitrogens with zero attached hydrogens (tertiary/aromatic N) is 1. The van der Waals surface area contributed by atoms with Crippen LogP contribution in [0.3, 0.4) is 0 Å². The number of carbonyl (C=O) groups is 1. The predicted octanol–water partition coefficient (Wildman–Crippen LogP) is 5.40. The van der Waals surface area contributed by atoms with Crippen molar-refractivity contribution in [1.29, 1.82) is 0 Å². The molecule has 4 heteroatoms. The second-order valence-electron chi connectivity index (χ2n) is 5.83. The quantitative estimate of drug-likeness (QED) is 0.579. The van der Waals surface area contributed by atoms with Crippen molar-refractivity contribution in [1.82, 2.24) is 0 Å². The molecule has 0 radical (unpaired) electrons. The Hall–Kier alpha value is -2.17. The minimum Gasteiger partial charge on any atom is -0.313 e. The summed E-state index contributed by atoms with van der Waals surface area (Å²) in [5.41, 5.74) is 2.05. The van der Waals surface area contributed by atoms with Crippen LogP contribution in [0.25, 0.3) is 0 Å². The number of carbonyl (C=O) groups excluding carboxylic acids is 1. The number of para-hydroxylation sites is 1. The molecule has 4 rings (SSSR count). The molecule has 124 valence electrons. The van der Waals surface area contributed by atoms with Gasteiger partial charge >= 0.3 is 0 Å². The van der Waals surface area contributed by atoms with Gasteiger partial charge in [-0.3, -0.25) is 4.79 Å². The van der Waals surface area contributed by atoms with Gasteiger partial charge in [-0.25, -0.2) is 0 Å². The molecule has 0 saturated carbocycles. The maximum absolute atomic E-state index is 13.4. The van der Waals surface area contributed by atoms with Crippen LogP contribution in [0.2, 0.25) is 0 Å². The van der Waals surface area contributed by atoms with Crippen molar-refractivity contribution in [3.8, 4) is 0 Å². The Balaban J connectivity index is 1.86. The van der Waals surface area contributed by atoms with E-state index in [1.165, 1.54) is 0 Å². The van der Waals surface area contributed by atoms with E-state index in [0.717, 1.165) is 21.0 Å². The zero-order chi connectivity index (χ0) is 17.3. The number of fused-ring (bicyclic) bond motifs is 1. The van der Waals surface area contributed by atoms with Crippen LogP contribution in [0.5, 0.6) is 0 Å². The summed E-state index contributed by atoms with van der Waals surface area (Å²) in [6.07, 6.45) is 0. The Morgan fingerprint density at radius 3 is 1.76 bits per heavy atom. The van der Waals surface area contributed by atoms with Gasteiger partial charge in [0.15, 0.2) is 4.08 Å². The molecule has 2 nitrogen and oxygen atoms in total. The molecule has 0 unspecified atom stereocenters. The molecule has 0 N–H and O–H groups in total. The molecule has 0 atom stereocenters. The van der Waals surface area contributed by atoms with E-state index in [1.807, 2.05) is 61.6 Å². The highest BCUT2D eigenvalue weighted by Gasteiger charge is 2.51. The van der Waals surface area contributed by atoms with Gasteiger partial charge in [-0.2, -0.15) is 0 Å². The molecule has 0 bridgehead atoms. The molecular weight excluding hydrogens is 346 g/mol. The summed E-state index contributed by atoms with van der Waals surface area (Å²) >= 11 is 3.24. The Morgan fingerprint density at radius 1 is 0.720 bits per heavy atom. The average molecular weight is 364 g/mol. The van der Waals surface area contributed by atoms with Crippen molar-refractivity contribution in [3.05, 3.63) is 90.5 Å². The number of likely N-dealkylation sites (N-methyl/N-ethyl adjacent to an activating group) is 1. The van der Waals surface area contributed by atoms with Crippen LogP contribution in [-0.2, 0) is 8.87 Å². The standard InChI is InChI=1S/C21H17NOS2/c1-22-19-15-9-8-14-18(19)21(20(22)23,24-16-10-4-2-5-11-16)25-17-12-6-3-7-13-17/h2-15H,1H3. The summed E-state index contributed by atoms with van der Waals surface area (Å²) in [5.74, 6) is 0.108. The van der Waals surface area contributed by atoms with Crippen molar-refractivity contribution in [3.63, 3.8) is 0 Å². The second kappa shape index (κ2) is 6.62. The SMILES string of the molecule is CN1C(=O)C(Sc2ccccc2)(Sc2ccccc2)c2ccccc21. The first-order valence-electron chi connectivity index (χ1n) is 8.06. The van der Waals surface area contributed by atoms with Crippen LogP contribution < -0.4 is 4.90 Å². The number of thioether (sulfide) groups is 2. The minimum atomic E-state index is -0.714. The monoisotopic (exact) mass is 363 g/mol. The third-order valence-corrected chi connectivity index (χ3v) is 7.10. The number of rotatable bonds is 4. The van der Waals surface area contributed by atoms with E-state index in [1.54, 1.807) is 28.4 Å². The first-order valence-corrected chi connectivity index (χ1v) is 9.70. The number of hydrogen-bond acceptors (Lipinski definition) is 3. The van der Waals surface area contributed by atoms with Crippen molar-refractivity contribution in [2.75, 3.05) is 11.9 Å². The van der Waals surface area contributed by atoms with E-state index in [9.17, 15) is 4.79 Å². The minimum absolute atomic E-state index is 0.108. The van der Waals surface area contributed by atoms with Crippen LogP contribution in [0.15, 0.2) is 94.7 Å². The van der Waals surface area contributed by atoms with E-state index in [2.05, 4.69) is 30.3 Å². The van der Waals surface area contributed by atoms with Crippen LogP contribution in [0, 0.1) is 0 Å². The molecule has 25 heavy (non-hydrogen) atoms. The lowest BCUT2D eigenvalue weighted by Crippen LogP contribution is -2.33. The Labute approximate surface area is 156 Å². The summed E-state index contributed by atoms with van der Waals surface area (Å²) < 4.78 is -0.714. The lowest BCUT2D eigenvalue weighted by molar-refractivity contribution is -0.118. The second-order valence-corrected chi connectivity index (χ2v) is 8.66. The number of benzene rings is 3.